The van der Waals surface area contributed by atoms with Crippen molar-refractivity contribution < 1.29 is 9.21 Å². The monoisotopic (exact) mass is 336 g/mol. The van der Waals surface area contributed by atoms with Crippen LogP contribution in [0.15, 0.2) is 59.3 Å². The van der Waals surface area contributed by atoms with Crippen LogP contribution in [0.1, 0.15) is 30.3 Å². The zero-order chi connectivity index (χ0) is 17.2. The summed E-state index contributed by atoms with van der Waals surface area (Å²) in [6.45, 7) is 2.66. The number of likely N-dealkylation sites (tertiary alicyclic amines) is 1. The van der Waals surface area contributed by atoms with Gasteiger partial charge in [0.2, 0.25) is 0 Å². The minimum absolute atomic E-state index is 0.00545. The van der Waals surface area contributed by atoms with Gasteiger partial charge in [0.15, 0.2) is 0 Å². The zero-order valence-electron chi connectivity index (χ0n) is 14.1. The standard InChI is InChI=1S/C19H20N4O2/c1-14-10-12-23(21-14)16-7-3-2-6-15(16)20-19(24)22-11-4-8-17(22)18-9-5-13-25-18/h2-3,5-7,9-10,12-13,17H,4,8,11H2,1H3,(H,20,24)/t17-/m0/s1. The average molecular weight is 336 g/mol. The normalized spacial score (nSPS) is 17.0. The van der Waals surface area contributed by atoms with Crippen LogP contribution in [-0.2, 0) is 0 Å². The van der Waals surface area contributed by atoms with E-state index in [-0.39, 0.29) is 12.1 Å². The summed E-state index contributed by atoms with van der Waals surface area (Å²) in [6, 6.07) is 13.3. The predicted molar refractivity (Wildman–Crippen MR) is 94.7 cm³/mol. The molecule has 1 aliphatic heterocycles. The number of aryl methyl sites for hydroxylation is 1. The molecule has 0 unspecified atom stereocenters. The van der Waals surface area contributed by atoms with E-state index in [1.165, 1.54) is 0 Å². The van der Waals surface area contributed by atoms with Crippen molar-refractivity contribution in [3.05, 3.63) is 66.4 Å². The first-order valence-electron chi connectivity index (χ1n) is 8.45. The number of benzene rings is 1. The zero-order valence-corrected chi connectivity index (χ0v) is 14.1. The summed E-state index contributed by atoms with van der Waals surface area (Å²) in [5.74, 6) is 0.837. The Morgan fingerprint density at radius 2 is 2.12 bits per heavy atom. The number of amides is 2. The molecule has 6 nitrogen and oxygen atoms in total. The smallest absolute Gasteiger partial charge is 0.322 e. The summed E-state index contributed by atoms with van der Waals surface area (Å²) in [5, 5.41) is 7.48. The summed E-state index contributed by atoms with van der Waals surface area (Å²) in [5.41, 5.74) is 2.51. The largest absolute Gasteiger partial charge is 0.467 e. The minimum atomic E-state index is -0.116. The highest BCUT2D eigenvalue weighted by atomic mass is 16.3. The number of hydrogen-bond donors (Lipinski definition) is 1. The van der Waals surface area contributed by atoms with Gasteiger partial charge < -0.3 is 14.6 Å². The maximum Gasteiger partial charge on any atom is 0.322 e. The molecule has 0 aliphatic carbocycles. The van der Waals surface area contributed by atoms with Gasteiger partial charge in [0.1, 0.15) is 5.76 Å². The SMILES string of the molecule is Cc1ccn(-c2ccccc2NC(=O)N2CCC[C@H]2c2ccco2)n1. The molecule has 1 saturated heterocycles. The first-order chi connectivity index (χ1) is 12.2. The molecule has 0 bridgehead atoms. The van der Waals surface area contributed by atoms with Gasteiger partial charge in [0, 0.05) is 12.7 Å². The third kappa shape index (κ3) is 3.03. The minimum Gasteiger partial charge on any atom is -0.467 e. The average Bonchev–Trinajstić information content (AvgIpc) is 3.36. The molecule has 0 spiro atoms. The molecule has 6 heteroatoms. The van der Waals surface area contributed by atoms with Gasteiger partial charge in [-0.15, -0.1) is 0 Å². The first kappa shape index (κ1) is 15.5. The lowest BCUT2D eigenvalue weighted by molar-refractivity contribution is 0.200. The Balaban J connectivity index is 1.57. The Kier molecular flexibility index (Phi) is 4.01. The summed E-state index contributed by atoms with van der Waals surface area (Å²) in [4.78, 5) is 14.7. The van der Waals surface area contributed by atoms with Crippen molar-refractivity contribution in [2.45, 2.75) is 25.8 Å². The van der Waals surface area contributed by atoms with E-state index in [4.69, 9.17) is 4.42 Å². The van der Waals surface area contributed by atoms with Gasteiger partial charge in [0.05, 0.1) is 29.4 Å². The fourth-order valence-corrected chi connectivity index (χ4v) is 3.30. The van der Waals surface area contributed by atoms with Crippen molar-refractivity contribution in [1.29, 1.82) is 0 Å². The molecule has 2 aromatic heterocycles. The molecule has 3 aromatic rings. The first-order valence-corrected chi connectivity index (χ1v) is 8.45. The fourth-order valence-electron chi connectivity index (χ4n) is 3.30. The highest BCUT2D eigenvalue weighted by Crippen LogP contribution is 2.33. The lowest BCUT2D eigenvalue weighted by Crippen LogP contribution is -2.34. The molecule has 2 amide bonds. The summed E-state index contributed by atoms with van der Waals surface area (Å²) < 4.78 is 7.28. The molecule has 128 valence electrons. The van der Waals surface area contributed by atoms with Crippen molar-refractivity contribution in [2.75, 3.05) is 11.9 Å². The molecule has 1 atom stereocenters. The second kappa shape index (κ2) is 6.47. The number of rotatable bonds is 3. The van der Waals surface area contributed by atoms with E-state index < -0.39 is 0 Å². The van der Waals surface area contributed by atoms with Gasteiger partial charge >= 0.3 is 6.03 Å². The predicted octanol–water partition coefficient (Wildman–Crippen LogP) is 4.14. The van der Waals surface area contributed by atoms with Crippen LogP contribution in [0.25, 0.3) is 5.69 Å². The maximum absolute atomic E-state index is 12.9. The van der Waals surface area contributed by atoms with Crippen LogP contribution in [0.5, 0.6) is 0 Å². The molecular weight excluding hydrogens is 316 g/mol. The molecular formula is C19H20N4O2. The van der Waals surface area contributed by atoms with E-state index in [0.29, 0.717) is 0 Å². The highest BCUT2D eigenvalue weighted by molar-refractivity contribution is 5.92. The molecule has 1 aliphatic rings. The van der Waals surface area contributed by atoms with Crippen molar-refractivity contribution in [3.63, 3.8) is 0 Å². The molecule has 1 aromatic carbocycles. The molecule has 0 saturated carbocycles. The van der Waals surface area contributed by atoms with Crippen molar-refractivity contribution >= 4 is 11.7 Å². The van der Waals surface area contributed by atoms with Crippen LogP contribution in [-0.4, -0.2) is 27.3 Å². The van der Waals surface area contributed by atoms with E-state index in [0.717, 1.165) is 42.2 Å². The number of carbonyl (C=O) groups is 1. The topological polar surface area (TPSA) is 63.3 Å². The number of hydrogen-bond acceptors (Lipinski definition) is 3. The third-order valence-corrected chi connectivity index (χ3v) is 4.50. The number of para-hydroxylation sites is 2. The lowest BCUT2D eigenvalue weighted by Gasteiger charge is -2.24. The number of nitrogens with zero attached hydrogens (tertiary/aromatic N) is 3. The Morgan fingerprint density at radius 1 is 1.24 bits per heavy atom. The molecule has 1 N–H and O–H groups in total. The van der Waals surface area contributed by atoms with Crippen LogP contribution in [0.3, 0.4) is 0 Å². The third-order valence-electron chi connectivity index (χ3n) is 4.50. The summed E-state index contributed by atoms with van der Waals surface area (Å²) >= 11 is 0. The second-order valence-corrected chi connectivity index (χ2v) is 6.22. The molecule has 1 fully saturated rings. The van der Waals surface area contributed by atoms with E-state index in [1.54, 1.807) is 10.9 Å². The molecule has 4 rings (SSSR count). The Hall–Kier alpha value is -3.02. The Morgan fingerprint density at radius 3 is 2.88 bits per heavy atom. The van der Waals surface area contributed by atoms with Crippen LogP contribution in [0.4, 0.5) is 10.5 Å². The van der Waals surface area contributed by atoms with Crippen molar-refractivity contribution in [3.8, 4) is 5.69 Å². The van der Waals surface area contributed by atoms with E-state index in [9.17, 15) is 4.79 Å². The van der Waals surface area contributed by atoms with Crippen molar-refractivity contribution in [2.24, 2.45) is 0 Å². The Labute approximate surface area is 146 Å². The Bertz CT molecular complexity index is 869. The molecule has 3 heterocycles. The summed E-state index contributed by atoms with van der Waals surface area (Å²) in [6.07, 6.45) is 5.43. The van der Waals surface area contributed by atoms with Gasteiger partial charge in [-0.3, -0.25) is 0 Å². The fraction of sp³-hybridized carbons (Fsp3) is 0.263. The number of nitrogens with one attached hydrogen (secondary N) is 1. The van der Waals surface area contributed by atoms with E-state index in [2.05, 4.69) is 10.4 Å². The van der Waals surface area contributed by atoms with Crippen LogP contribution in [0.2, 0.25) is 0 Å². The maximum atomic E-state index is 12.9. The summed E-state index contributed by atoms with van der Waals surface area (Å²) in [7, 11) is 0. The second-order valence-electron chi connectivity index (χ2n) is 6.22. The van der Waals surface area contributed by atoms with Crippen LogP contribution in [0, 0.1) is 6.92 Å². The van der Waals surface area contributed by atoms with Gasteiger partial charge in [-0.1, -0.05) is 12.1 Å². The van der Waals surface area contributed by atoms with Crippen LogP contribution >= 0.6 is 0 Å². The number of carbonyl (C=O) groups excluding carboxylic acids is 1. The van der Waals surface area contributed by atoms with E-state index in [1.807, 2.05) is 60.5 Å². The van der Waals surface area contributed by atoms with Gasteiger partial charge in [-0.05, 0) is 50.1 Å². The molecule has 25 heavy (non-hydrogen) atoms. The van der Waals surface area contributed by atoms with Gasteiger partial charge in [0.25, 0.3) is 0 Å². The highest BCUT2D eigenvalue weighted by Gasteiger charge is 2.32. The van der Waals surface area contributed by atoms with Gasteiger partial charge in [-0.25, -0.2) is 9.48 Å². The molecule has 0 radical (unpaired) electrons. The number of furan rings is 1. The van der Waals surface area contributed by atoms with Crippen LogP contribution < -0.4 is 5.32 Å². The number of anilines is 1. The van der Waals surface area contributed by atoms with Gasteiger partial charge in [-0.2, -0.15) is 5.10 Å². The van der Waals surface area contributed by atoms with E-state index >= 15 is 0 Å². The lowest BCUT2D eigenvalue weighted by atomic mass is 10.2. The number of urea groups is 1. The number of aromatic nitrogens is 2. The quantitative estimate of drug-likeness (QED) is 0.782. The van der Waals surface area contributed by atoms with Crippen molar-refractivity contribution in [1.82, 2.24) is 14.7 Å².